The Morgan fingerprint density at radius 1 is 1.19 bits per heavy atom. The maximum Gasteiger partial charge on any atom is 0.263 e. The Morgan fingerprint density at radius 3 is 2.38 bits per heavy atom. The fraction of sp³-hybridized carbons (Fsp3) is 0.294. The molecule has 0 radical (unpaired) electrons. The van der Waals surface area contributed by atoms with Crippen molar-refractivity contribution in [2.75, 3.05) is 6.54 Å². The molecule has 0 N–H and O–H groups in total. The van der Waals surface area contributed by atoms with E-state index in [1.54, 1.807) is 18.3 Å². The van der Waals surface area contributed by atoms with Gasteiger partial charge in [-0.25, -0.2) is 8.42 Å². The number of sulfonamides is 1. The van der Waals surface area contributed by atoms with Crippen LogP contribution < -0.4 is 0 Å². The Labute approximate surface area is 127 Å². The van der Waals surface area contributed by atoms with Crippen molar-refractivity contribution < 1.29 is 8.42 Å². The van der Waals surface area contributed by atoms with Gasteiger partial charge in [-0.2, -0.15) is 0 Å². The zero-order chi connectivity index (χ0) is 15.6. The van der Waals surface area contributed by atoms with Gasteiger partial charge in [0.05, 0.1) is 4.90 Å². The molecule has 21 heavy (non-hydrogen) atoms. The summed E-state index contributed by atoms with van der Waals surface area (Å²) in [6.07, 6.45) is 4.13. The number of rotatable bonds is 2. The lowest BCUT2D eigenvalue weighted by Gasteiger charge is -2.19. The average molecular weight is 303 g/mol. The summed E-state index contributed by atoms with van der Waals surface area (Å²) in [5.41, 5.74) is 4.20. The number of allylic oxidation sites excluding steroid dienone is 3. The summed E-state index contributed by atoms with van der Waals surface area (Å²) in [5.74, 6) is 0. The van der Waals surface area contributed by atoms with Crippen LogP contribution in [-0.4, -0.2) is 19.3 Å². The molecule has 0 saturated carbocycles. The van der Waals surface area contributed by atoms with Gasteiger partial charge in [0.25, 0.3) is 10.0 Å². The number of benzene rings is 1. The summed E-state index contributed by atoms with van der Waals surface area (Å²) in [7, 11) is -3.49. The van der Waals surface area contributed by atoms with Crippen LogP contribution in [0.25, 0.3) is 0 Å². The molecule has 0 saturated heterocycles. The number of aryl methyl sites for hydroxylation is 1. The summed E-state index contributed by atoms with van der Waals surface area (Å²) in [4.78, 5) is 0.323. The molecule has 4 heteroatoms. The van der Waals surface area contributed by atoms with E-state index >= 15 is 0 Å². The van der Waals surface area contributed by atoms with Crippen molar-refractivity contribution in [2.24, 2.45) is 0 Å². The summed E-state index contributed by atoms with van der Waals surface area (Å²) in [6.45, 7) is 10.4. The van der Waals surface area contributed by atoms with Gasteiger partial charge >= 0.3 is 0 Å². The van der Waals surface area contributed by atoms with Gasteiger partial charge in [0, 0.05) is 12.7 Å². The van der Waals surface area contributed by atoms with E-state index in [0.29, 0.717) is 17.9 Å². The van der Waals surface area contributed by atoms with Crippen LogP contribution in [0.4, 0.5) is 0 Å². The highest BCUT2D eigenvalue weighted by Crippen LogP contribution is 2.25. The molecule has 1 aromatic carbocycles. The van der Waals surface area contributed by atoms with Crippen molar-refractivity contribution in [2.45, 2.75) is 32.1 Å². The highest BCUT2D eigenvalue weighted by molar-refractivity contribution is 7.89. The van der Waals surface area contributed by atoms with Gasteiger partial charge in [-0.05, 0) is 56.5 Å². The van der Waals surface area contributed by atoms with Gasteiger partial charge in [0.15, 0.2) is 0 Å². The first-order chi connectivity index (χ1) is 9.82. The third-order valence-corrected chi connectivity index (χ3v) is 5.38. The standard InChI is InChI=1S/C17H21NO2S/c1-13(2)17-10-12-18(11-9-15(17)4)21(19,20)16-7-5-14(3)6-8-16/h5-8,10,12H,4,9,11H2,1-3H3. The third kappa shape index (κ3) is 3.27. The molecule has 0 spiro atoms. The monoisotopic (exact) mass is 303 g/mol. The molecule has 112 valence electrons. The molecular weight excluding hydrogens is 282 g/mol. The number of hydrogen-bond donors (Lipinski definition) is 0. The molecule has 0 aliphatic carbocycles. The highest BCUT2D eigenvalue weighted by Gasteiger charge is 2.23. The van der Waals surface area contributed by atoms with Crippen LogP contribution in [0.3, 0.4) is 0 Å². The van der Waals surface area contributed by atoms with E-state index in [-0.39, 0.29) is 0 Å². The topological polar surface area (TPSA) is 37.4 Å². The van der Waals surface area contributed by atoms with Gasteiger partial charge in [-0.3, -0.25) is 4.31 Å². The lowest BCUT2D eigenvalue weighted by Crippen LogP contribution is -2.26. The van der Waals surface area contributed by atoms with Crippen LogP contribution in [0.15, 0.2) is 64.7 Å². The molecular formula is C17H21NO2S. The third-order valence-electron chi connectivity index (χ3n) is 3.59. The van der Waals surface area contributed by atoms with Crippen LogP contribution in [0.1, 0.15) is 25.8 Å². The molecule has 0 bridgehead atoms. The van der Waals surface area contributed by atoms with Crippen LogP contribution >= 0.6 is 0 Å². The quantitative estimate of drug-likeness (QED) is 0.833. The van der Waals surface area contributed by atoms with E-state index in [4.69, 9.17) is 0 Å². The Hall–Kier alpha value is -1.81. The van der Waals surface area contributed by atoms with Crippen molar-refractivity contribution in [3.63, 3.8) is 0 Å². The molecule has 0 amide bonds. The molecule has 1 aliphatic rings. The van der Waals surface area contributed by atoms with Gasteiger partial charge in [0.2, 0.25) is 0 Å². The van der Waals surface area contributed by atoms with E-state index in [2.05, 4.69) is 6.58 Å². The second kappa shape index (κ2) is 5.90. The largest absolute Gasteiger partial charge is 0.273 e. The SMILES string of the molecule is C=C1CCN(S(=O)(=O)c2ccc(C)cc2)C=CC1=C(C)C. The minimum atomic E-state index is -3.49. The normalized spacial score (nSPS) is 16.0. The van der Waals surface area contributed by atoms with Gasteiger partial charge in [-0.15, -0.1) is 0 Å². The van der Waals surface area contributed by atoms with Gasteiger partial charge < -0.3 is 0 Å². The molecule has 2 rings (SSSR count). The molecule has 0 atom stereocenters. The Bertz CT molecular complexity index is 706. The molecule has 0 aromatic heterocycles. The zero-order valence-electron chi connectivity index (χ0n) is 12.8. The van der Waals surface area contributed by atoms with E-state index in [0.717, 1.165) is 22.3 Å². The Balaban J connectivity index is 2.38. The van der Waals surface area contributed by atoms with Gasteiger partial charge in [-0.1, -0.05) is 29.8 Å². The minimum absolute atomic E-state index is 0.323. The highest BCUT2D eigenvalue weighted by atomic mass is 32.2. The lowest BCUT2D eigenvalue weighted by molar-refractivity contribution is 0.502. The molecule has 3 nitrogen and oxygen atoms in total. The molecule has 0 fully saturated rings. The second-order valence-electron chi connectivity index (χ2n) is 5.51. The van der Waals surface area contributed by atoms with E-state index in [1.807, 2.05) is 39.0 Å². The van der Waals surface area contributed by atoms with Crippen molar-refractivity contribution in [3.05, 3.63) is 65.4 Å². The van der Waals surface area contributed by atoms with E-state index < -0.39 is 10.0 Å². The first kappa shape index (κ1) is 15.6. The van der Waals surface area contributed by atoms with Crippen molar-refractivity contribution in [1.82, 2.24) is 4.31 Å². The van der Waals surface area contributed by atoms with Crippen molar-refractivity contribution in [1.29, 1.82) is 0 Å². The molecule has 1 aromatic rings. The van der Waals surface area contributed by atoms with Crippen molar-refractivity contribution >= 4 is 10.0 Å². The van der Waals surface area contributed by atoms with E-state index in [1.165, 1.54) is 4.31 Å². The first-order valence-corrected chi connectivity index (χ1v) is 8.39. The minimum Gasteiger partial charge on any atom is -0.273 e. The predicted molar refractivity (Wildman–Crippen MR) is 86.3 cm³/mol. The average Bonchev–Trinajstić information content (AvgIpc) is 2.61. The summed E-state index contributed by atoms with van der Waals surface area (Å²) < 4.78 is 26.7. The number of hydrogen-bond acceptors (Lipinski definition) is 2. The molecule has 0 unspecified atom stereocenters. The van der Waals surface area contributed by atoms with Gasteiger partial charge in [0.1, 0.15) is 0 Å². The molecule has 1 heterocycles. The van der Waals surface area contributed by atoms with Crippen molar-refractivity contribution in [3.8, 4) is 0 Å². The fourth-order valence-electron chi connectivity index (χ4n) is 2.30. The zero-order valence-corrected chi connectivity index (χ0v) is 13.6. The number of nitrogens with zero attached hydrogens (tertiary/aromatic N) is 1. The summed E-state index contributed by atoms with van der Waals surface area (Å²) in [6, 6.07) is 6.93. The summed E-state index contributed by atoms with van der Waals surface area (Å²) in [5, 5.41) is 0. The summed E-state index contributed by atoms with van der Waals surface area (Å²) >= 11 is 0. The molecule has 1 aliphatic heterocycles. The second-order valence-corrected chi connectivity index (χ2v) is 7.40. The van der Waals surface area contributed by atoms with Crippen LogP contribution in [-0.2, 0) is 10.0 Å². The first-order valence-electron chi connectivity index (χ1n) is 6.94. The van der Waals surface area contributed by atoms with Crippen LogP contribution in [0.2, 0.25) is 0 Å². The predicted octanol–water partition coefficient (Wildman–Crippen LogP) is 3.80. The Morgan fingerprint density at radius 2 is 1.81 bits per heavy atom. The van der Waals surface area contributed by atoms with Crippen LogP contribution in [0.5, 0.6) is 0 Å². The Kier molecular flexibility index (Phi) is 4.37. The van der Waals surface area contributed by atoms with E-state index in [9.17, 15) is 8.42 Å². The smallest absolute Gasteiger partial charge is 0.263 e. The lowest BCUT2D eigenvalue weighted by atomic mass is 10.0. The maximum atomic E-state index is 12.7. The fourth-order valence-corrected chi connectivity index (χ4v) is 3.60. The maximum absolute atomic E-state index is 12.7. The van der Waals surface area contributed by atoms with Crippen LogP contribution in [0, 0.1) is 6.92 Å².